The molecule has 56 heavy (non-hydrogen) atoms. The Kier molecular flexibility index (Phi) is 16.7. The zero-order chi connectivity index (χ0) is 40.8. The third-order valence-electron chi connectivity index (χ3n) is 8.57. The Balaban J connectivity index is 1.36. The Labute approximate surface area is 325 Å². The predicted molar refractivity (Wildman–Crippen MR) is 206 cm³/mol. The van der Waals surface area contributed by atoms with Crippen molar-refractivity contribution in [1.29, 1.82) is 0 Å². The van der Waals surface area contributed by atoms with E-state index in [1.54, 1.807) is 18.2 Å². The maximum Gasteiger partial charge on any atom is 0.481 e. The Morgan fingerprint density at radius 3 is 2.38 bits per heavy atom. The first kappa shape index (κ1) is 44.2. The lowest BCUT2D eigenvalue weighted by molar-refractivity contribution is -0.123. The summed E-state index contributed by atoms with van der Waals surface area (Å²) in [6.07, 6.45) is 3.94. The number of amides is 4. The summed E-state index contributed by atoms with van der Waals surface area (Å²) in [7, 11) is -6.51. The number of ether oxygens (including phenoxy) is 1. The molecule has 18 nitrogen and oxygen atoms in total. The van der Waals surface area contributed by atoms with Gasteiger partial charge in [0.15, 0.2) is 0 Å². The van der Waals surface area contributed by atoms with Crippen molar-refractivity contribution in [2.75, 3.05) is 25.7 Å². The van der Waals surface area contributed by atoms with Crippen LogP contribution in [0.3, 0.4) is 0 Å². The third-order valence-corrected chi connectivity index (χ3v) is 12.0. The summed E-state index contributed by atoms with van der Waals surface area (Å²) >= 11 is 0. The van der Waals surface area contributed by atoms with Crippen molar-refractivity contribution >= 4 is 52.2 Å². The fourth-order valence-electron chi connectivity index (χ4n) is 5.67. The monoisotopic (exact) mass is 816 g/mol. The topological polar surface area (TPSA) is 245 Å². The van der Waals surface area contributed by atoms with E-state index >= 15 is 0 Å². The maximum absolute atomic E-state index is 13.9. The molecule has 4 atom stereocenters. The summed E-state index contributed by atoms with van der Waals surface area (Å²) in [5, 5.41) is 7.89. The lowest BCUT2D eigenvalue weighted by Gasteiger charge is -2.27. The van der Waals surface area contributed by atoms with Crippen molar-refractivity contribution < 1.29 is 56.7 Å². The van der Waals surface area contributed by atoms with E-state index in [-0.39, 0.29) is 50.7 Å². The molecule has 3 aromatic rings. The standard InChI is InChI=1S/C35H47BN6O12P2/c1-23(2)17-30(40-32(44)28(18-24-9-6-5-7-10-24)39-33(45)29-20-37-14-15-38-29)36-53-21-25-12-13-27(19-26(25)22-54-36)42(3)35(46)52-16-8-11-31(43)41-34(55(47)51-4)56(48,49)50/h5-7,9-10,12-15,19-20,23,28,30,34,55H,8,11,16-18,21-22H2,1-4H3,(H,39,45)(H,40,44)(H,41,43)(H2,48,49,50)/t28-,30-,34?/m1/s1. The molecule has 0 saturated carbocycles. The van der Waals surface area contributed by atoms with Gasteiger partial charge in [0, 0.05) is 45.1 Å². The number of carbonyl (C=O) groups is 4. The summed E-state index contributed by atoms with van der Waals surface area (Å²) in [5.41, 5.74) is 0.992. The van der Waals surface area contributed by atoms with E-state index in [4.69, 9.17) is 14.0 Å². The molecule has 0 bridgehead atoms. The highest BCUT2D eigenvalue weighted by Gasteiger charge is 2.37. The van der Waals surface area contributed by atoms with Crippen LogP contribution in [-0.2, 0) is 56.9 Å². The molecule has 2 unspecified atom stereocenters. The number of anilines is 1. The van der Waals surface area contributed by atoms with Crippen LogP contribution in [0.2, 0.25) is 0 Å². The van der Waals surface area contributed by atoms with Crippen molar-refractivity contribution in [3.8, 4) is 0 Å². The zero-order valence-electron chi connectivity index (χ0n) is 31.5. The molecule has 1 aliphatic heterocycles. The Bertz CT molecular complexity index is 1870. The van der Waals surface area contributed by atoms with E-state index in [1.807, 2.05) is 49.5 Å². The Morgan fingerprint density at radius 2 is 1.73 bits per heavy atom. The molecule has 2 heterocycles. The molecule has 0 aliphatic carbocycles. The van der Waals surface area contributed by atoms with E-state index < -0.39 is 64.1 Å². The van der Waals surface area contributed by atoms with E-state index in [0.29, 0.717) is 12.1 Å². The molecule has 0 spiro atoms. The SMILES string of the molecule is CO[PH](=O)C(NC(=O)CCCOC(=O)N(C)c1ccc2c(c1)COB([C@@H](CC(C)C)NC(=O)[C@@H](Cc1ccccc1)NC(=O)c1cnccn1)OC2)P(=O)(O)O. The van der Waals surface area contributed by atoms with Crippen LogP contribution in [0.1, 0.15) is 60.3 Å². The van der Waals surface area contributed by atoms with Gasteiger partial charge in [-0.05, 0) is 47.6 Å². The molecule has 1 aliphatic rings. The number of rotatable bonds is 18. The van der Waals surface area contributed by atoms with Crippen LogP contribution in [-0.4, -0.2) is 89.0 Å². The molecule has 5 N–H and O–H groups in total. The van der Waals surface area contributed by atoms with Gasteiger partial charge in [-0.3, -0.25) is 33.4 Å². The highest BCUT2D eigenvalue weighted by atomic mass is 31.2. The van der Waals surface area contributed by atoms with Crippen LogP contribution in [0.25, 0.3) is 0 Å². The van der Waals surface area contributed by atoms with Gasteiger partial charge < -0.3 is 44.3 Å². The van der Waals surface area contributed by atoms with Crippen LogP contribution < -0.4 is 20.9 Å². The highest BCUT2D eigenvalue weighted by Crippen LogP contribution is 2.51. The average Bonchev–Trinajstić information content (AvgIpc) is 3.40. The van der Waals surface area contributed by atoms with E-state index in [0.717, 1.165) is 23.8 Å². The summed E-state index contributed by atoms with van der Waals surface area (Å²) in [6, 6.07) is 13.6. The largest absolute Gasteiger partial charge is 0.481 e. The molecular formula is C35H47BN6O12P2. The Hall–Kier alpha value is -4.48. The first-order chi connectivity index (χ1) is 26.7. The average molecular weight is 817 g/mol. The summed E-state index contributed by atoms with van der Waals surface area (Å²) in [5.74, 6) is -2.22. The number of hydrogen-bond acceptors (Lipinski definition) is 12. The van der Waals surface area contributed by atoms with Crippen LogP contribution in [0.15, 0.2) is 67.1 Å². The fraction of sp³-hybridized carbons (Fsp3) is 0.429. The number of nitrogens with zero attached hydrogens (tertiary/aromatic N) is 3. The number of aromatic nitrogens is 2. The van der Waals surface area contributed by atoms with Crippen molar-refractivity contribution in [1.82, 2.24) is 25.9 Å². The second kappa shape index (κ2) is 21.2. The van der Waals surface area contributed by atoms with Gasteiger partial charge in [-0.25, -0.2) is 9.78 Å². The molecular weight excluding hydrogens is 769 g/mol. The second-order valence-electron chi connectivity index (χ2n) is 13.4. The molecule has 2 aromatic carbocycles. The number of fused-ring (bicyclic) bond motifs is 1. The van der Waals surface area contributed by atoms with Gasteiger partial charge >= 0.3 is 20.8 Å². The minimum atomic E-state index is -4.93. The quantitative estimate of drug-likeness (QED) is 0.0704. The normalized spacial score (nSPS) is 15.0. The van der Waals surface area contributed by atoms with Gasteiger partial charge in [0.1, 0.15) is 11.7 Å². The van der Waals surface area contributed by atoms with Crippen molar-refractivity contribution in [2.24, 2.45) is 5.92 Å². The minimum absolute atomic E-state index is 0.0269. The second-order valence-corrected chi connectivity index (χ2v) is 17.2. The van der Waals surface area contributed by atoms with Crippen molar-refractivity contribution in [3.63, 3.8) is 0 Å². The maximum atomic E-state index is 13.9. The predicted octanol–water partition coefficient (Wildman–Crippen LogP) is 3.17. The molecule has 4 rings (SSSR count). The van der Waals surface area contributed by atoms with Gasteiger partial charge in [0.25, 0.3) is 5.91 Å². The highest BCUT2D eigenvalue weighted by molar-refractivity contribution is 7.65. The van der Waals surface area contributed by atoms with Crippen molar-refractivity contribution in [3.05, 3.63) is 89.5 Å². The van der Waals surface area contributed by atoms with Gasteiger partial charge in [-0.15, -0.1) is 0 Å². The molecule has 0 saturated heterocycles. The van der Waals surface area contributed by atoms with Crippen molar-refractivity contribution in [2.45, 2.75) is 70.3 Å². The summed E-state index contributed by atoms with van der Waals surface area (Å²) in [6.45, 7) is 4.08. The molecule has 302 valence electrons. The lowest BCUT2D eigenvalue weighted by Crippen LogP contribution is -2.56. The first-order valence-corrected chi connectivity index (χ1v) is 20.8. The number of benzene rings is 2. The first-order valence-electron chi connectivity index (χ1n) is 17.7. The smallest absolute Gasteiger partial charge is 0.449 e. The number of carbonyl (C=O) groups excluding carboxylic acids is 4. The Morgan fingerprint density at radius 1 is 1.02 bits per heavy atom. The van der Waals surface area contributed by atoms with Crippen LogP contribution in [0.5, 0.6) is 0 Å². The van der Waals surface area contributed by atoms with Gasteiger partial charge in [-0.2, -0.15) is 0 Å². The number of nitrogens with one attached hydrogen (secondary N) is 3. The number of hydrogen-bond donors (Lipinski definition) is 5. The van der Waals surface area contributed by atoms with E-state index in [9.17, 15) is 38.1 Å². The molecule has 1 aromatic heterocycles. The minimum Gasteiger partial charge on any atom is -0.449 e. The summed E-state index contributed by atoms with van der Waals surface area (Å²) < 4.78 is 45.6. The van der Waals surface area contributed by atoms with Gasteiger partial charge in [-0.1, -0.05) is 50.2 Å². The van der Waals surface area contributed by atoms with E-state index in [2.05, 4.69) is 25.1 Å². The van der Waals surface area contributed by atoms with Crippen LogP contribution in [0.4, 0.5) is 10.5 Å². The van der Waals surface area contributed by atoms with Gasteiger partial charge in [0.2, 0.25) is 25.4 Å². The third kappa shape index (κ3) is 13.3. The fourth-order valence-corrected chi connectivity index (χ4v) is 7.90. The van der Waals surface area contributed by atoms with Gasteiger partial charge in [0.05, 0.1) is 32.0 Å². The zero-order valence-corrected chi connectivity index (χ0v) is 33.3. The summed E-state index contributed by atoms with van der Waals surface area (Å²) in [4.78, 5) is 80.0. The molecule has 4 amide bonds. The lowest BCUT2D eigenvalue weighted by atomic mass is 9.73. The molecule has 21 heteroatoms. The van der Waals surface area contributed by atoms with Crippen LogP contribution in [0, 0.1) is 5.92 Å². The van der Waals surface area contributed by atoms with Crippen LogP contribution >= 0.6 is 15.6 Å². The van der Waals surface area contributed by atoms with E-state index in [1.165, 1.54) is 30.5 Å². The molecule has 0 radical (unpaired) electrons. The molecule has 0 fully saturated rings.